The number of para-hydroxylation sites is 1. The molecule has 1 heterocycles. The zero-order valence-corrected chi connectivity index (χ0v) is 11.5. The van der Waals surface area contributed by atoms with Crippen LogP contribution in [0.2, 0.25) is 0 Å². The lowest BCUT2D eigenvalue weighted by atomic mass is 10.3. The molecular weight excluding hydrogens is 284 g/mol. The van der Waals surface area contributed by atoms with E-state index in [1.165, 1.54) is 0 Å². The summed E-state index contributed by atoms with van der Waals surface area (Å²) in [4.78, 5) is 0.519. The quantitative estimate of drug-likeness (QED) is 0.772. The summed E-state index contributed by atoms with van der Waals surface area (Å²) in [5.74, 6) is -2.44. The SMILES string of the molecule is OCCn1cc(CNc2ccccc2SC(F)F)cn1. The number of hydrogen-bond acceptors (Lipinski definition) is 4. The van der Waals surface area contributed by atoms with Crippen molar-refractivity contribution in [1.29, 1.82) is 0 Å². The molecule has 108 valence electrons. The van der Waals surface area contributed by atoms with Gasteiger partial charge in [0.25, 0.3) is 5.76 Å². The minimum absolute atomic E-state index is 0.0302. The summed E-state index contributed by atoms with van der Waals surface area (Å²) < 4.78 is 26.5. The van der Waals surface area contributed by atoms with Crippen LogP contribution in [0.4, 0.5) is 14.5 Å². The Morgan fingerprint density at radius 3 is 2.90 bits per heavy atom. The number of anilines is 1. The Balaban J connectivity index is 1.99. The first kappa shape index (κ1) is 14.8. The Kier molecular flexibility index (Phi) is 5.37. The van der Waals surface area contributed by atoms with Crippen molar-refractivity contribution in [3.05, 3.63) is 42.2 Å². The summed E-state index contributed by atoms with van der Waals surface area (Å²) in [6, 6.07) is 6.96. The molecule has 0 fully saturated rings. The third-order valence-corrected chi connectivity index (χ3v) is 3.39. The molecule has 0 aliphatic rings. The number of thioether (sulfide) groups is 1. The van der Waals surface area contributed by atoms with Gasteiger partial charge in [-0.2, -0.15) is 13.9 Å². The van der Waals surface area contributed by atoms with Crippen molar-refractivity contribution in [2.24, 2.45) is 0 Å². The van der Waals surface area contributed by atoms with Gasteiger partial charge in [0.05, 0.1) is 19.3 Å². The Hall–Kier alpha value is -1.60. The summed E-state index contributed by atoms with van der Waals surface area (Å²) in [5.41, 5.74) is 1.60. The number of halogens is 2. The number of rotatable bonds is 7. The topological polar surface area (TPSA) is 50.1 Å². The normalized spacial score (nSPS) is 11.0. The van der Waals surface area contributed by atoms with Gasteiger partial charge in [0.2, 0.25) is 0 Å². The Morgan fingerprint density at radius 1 is 1.35 bits per heavy atom. The molecule has 0 saturated heterocycles. The number of aliphatic hydroxyl groups is 1. The maximum Gasteiger partial charge on any atom is 0.288 e. The van der Waals surface area contributed by atoms with Crippen LogP contribution in [-0.2, 0) is 13.1 Å². The minimum Gasteiger partial charge on any atom is -0.394 e. The van der Waals surface area contributed by atoms with Crippen molar-refractivity contribution in [1.82, 2.24) is 9.78 Å². The molecule has 0 amide bonds. The molecule has 0 spiro atoms. The lowest BCUT2D eigenvalue weighted by Crippen LogP contribution is -2.02. The molecule has 0 aliphatic heterocycles. The number of nitrogens with one attached hydrogen (secondary N) is 1. The zero-order chi connectivity index (χ0) is 14.4. The van der Waals surface area contributed by atoms with E-state index < -0.39 is 5.76 Å². The van der Waals surface area contributed by atoms with Gasteiger partial charge in [0.1, 0.15) is 0 Å². The molecule has 1 aromatic heterocycles. The maximum atomic E-state index is 12.5. The molecule has 2 N–H and O–H groups in total. The van der Waals surface area contributed by atoms with Gasteiger partial charge in [-0.3, -0.25) is 4.68 Å². The van der Waals surface area contributed by atoms with E-state index in [4.69, 9.17) is 5.11 Å². The van der Waals surface area contributed by atoms with Crippen LogP contribution >= 0.6 is 11.8 Å². The van der Waals surface area contributed by atoms with Crippen molar-refractivity contribution in [3.63, 3.8) is 0 Å². The van der Waals surface area contributed by atoms with Gasteiger partial charge in [-0.1, -0.05) is 23.9 Å². The van der Waals surface area contributed by atoms with Gasteiger partial charge >= 0.3 is 0 Å². The highest BCUT2D eigenvalue weighted by atomic mass is 32.2. The smallest absolute Gasteiger partial charge is 0.288 e. The number of aliphatic hydroxyl groups excluding tert-OH is 1. The van der Waals surface area contributed by atoms with Crippen molar-refractivity contribution in [2.75, 3.05) is 11.9 Å². The Labute approximate surface area is 119 Å². The predicted molar refractivity (Wildman–Crippen MR) is 74.9 cm³/mol. The number of benzene rings is 1. The first-order valence-corrected chi connectivity index (χ1v) is 6.97. The van der Waals surface area contributed by atoms with Crippen LogP contribution in [0.25, 0.3) is 0 Å². The van der Waals surface area contributed by atoms with Gasteiger partial charge in [-0.25, -0.2) is 0 Å². The molecule has 0 radical (unpaired) electrons. The average molecular weight is 299 g/mol. The van der Waals surface area contributed by atoms with E-state index in [2.05, 4.69) is 10.4 Å². The van der Waals surface area contributed by atoms with Crippen LogP contribution in [0.5, 0.6) is 0 Å². The van der Waals surface area contributed by atoms with Crippen LogP contribution in [0, 0.1) is 0 Å². The van der Waals surface area contributed by atoms with Gasteiger partial charge in [0, 0.05) is 28.9 Å². The second-order valence-corrected chi connectivity index (χ2v) is 5.10. The predicted octanol–water partition coefficient (Wildman–Crippen LogP) is 2.80. The fourth-order valence-corrected chi connectivity index (χ4v) is 2.35. The molecule has 0 bridgehead atoms. The van der Waals surface area contributed by atoms with Gasteiger partial charge in [-0.15, -0.1) is 0 Å². The fourth-order valence-electron chi connectivity index (χ4n) is 1.73. The Morgan fingerprint density at radius 2 is 2.15 bits per heavy atom. The van der Waals surface area contributed by atoms with Gasteiger partial charge in [0.15, 0.2) is 0 Å². The van der Waals surface area contributed by atoms with Crippen LogP contribution in [0.3, 0.4) is 0 Å². The second kappa shape index (κ2) is 7.25. The maximum absolute atomic E-state index is 12.5. The van der Waals surface area contributed by atoms with Gasteiger partial charge < -0.3 is 10.4 Å². The molecule has 4 nitrogen and oxygen atoms in total. The summed E-state index contributed by atoms with van der Waals surface area (Å²) in [6.07, 6.45) is 3.50. The molecule has 0 aliphatic carbocycles. The second-order valence-electron chi connectivity index (χ2n) is 4.06. The monoisotopic (exact) mass is 299 g/mol. The molecule has 0 unspecified atom stereocenters. The third kappa shape index (κ3) is 4.21. The van der Waals surface area contributed by atoms with Crippen LogP contribution in [0.1, 0.15) is 5.56 Å². The van der Waals surface area contributed by atoms with E-state index in [0.717, 1.165) is 5.56 Å². The van der Waals surface area contributed by atoms with Crippen LogP contribution in [-0.4, -0.2) is 27.3 Å². The average Bonchev–Trinajstić information content (AvgIpc) is 2.85. The highest BCUT2D eigenvalue weighted by Gasteiger charge is 2.09. The molecule has 1 aromatic carbocycles. The largest absolute Gasteiger partial charge is 0.394 e. The van der Waals surface area contributed by atoms with E-state index >= 15 is 0 Å². The number of alkyl halides is 2. The molecule has 20 heavy (non-hydrogen) atoms. The molecular formula is C13H15F2N3OS. The number of aromatic nitrogens is 2. The molecule has 2 aromatic rings. The fraction of sp³-hybridized carbons (Fsp3) is 0.308. The number of nitrogens with zero attached hydrogens (tertiary/aromatic N) is 2. The lowest BCUT2D eigenvalue weighted by molar-refractivity contribution is 0.252. The van der Waals surface area contributed by atoms with E-state index in [9.17, 15) is 8.78 Å². The summed E-state index contributed by atoms with van der Waals surface area (Å²) >= 11 is 0.524. The molecule has 2 rings (SSSR count). The van der Waals surface area contributed by atoms with Crippen molar-refractivity contribution in [2.45, 2.75) is 23.7 Å². The highest BCUT2D eigenvalue weighted by Crippen LogP contribution is 2.31. The first-order valence-electron chi connectivity index (χ1n) is 6.09. The molecule has 7 heteroatoms. The van der Waals surface area contributed by atoms with Crippen molar-refractivity contribution in [3.8, 4) is 0 Å². The van der Waals surface area contributed by atoms with Crippen molar-refractivity contribution >= 4 is 17.4 Å². The molecule has 0 saturated carbocycles. The number of hydrogen-bond donors (Lipinski definition) is 2. The minimum atomic E-state index is -2.44. The first-order chi connectivity index (χ1) is 9.69. The van der Waals surface area contributed by atoms with Crippen molar-refractivity contribution < 1.29 is 13.9 Å². The van der Waals surface area contributed by atoms with E-state index in [1.54, 1.807) is 35.1 Å². The third-order valence-electron chi connectivity index (χ3n) is 2.60. The van der Waals surface area contributed by atoms with E-state index in [-0.39, 0.29) is 6.61 Å². The molecule has 0 atom stereocenters. The van der Waals surface area contributed by atoms with Gasteiger partial charge in [-0.05, 0) is 12.1 Å². The standard InChI is InChI=1S/C13H15F2N3OS/c14-13(15)20-12-4-2-1-3-11(12)16-7-10-8-17-18(9-10)5-6-19/h1-4,8-9,13,16,19H,5-7H2. The highest BCUT2D eigenvalue weighted by molar-refractivity contribution is 7.99. The van der Waals surface area contributed by atoms with E-state index in [0.29, 0.717) is 35.4 Å². The lowest BCUT2D eigenvalue weighted by Gasteiger charge is -2.10. The van der Waals surface area contributed by atoms with E-state index in [1.807, 2.05) is 6.20 Å². The van der Waals surface area contributed by atoms with Crippen LogP contribution < -0.4 is 5.32 Å². The summed E-state index contributed by atoms with van der Waals surface area (Å²) in [7, 11) is 0. The zero-order valence-electron chi connectivity index (χ0n) is 10.7. The van der Waals surface area contributed by atoms with Crippen LogP contribution in [0.15, 0.2) is 41.6 Å². The summed E-state index contributed by atoms with van der Waals surface area (Å²) in [5, 5.41) is 16.0. The summed E-state index contributed by atoms with van der Waals surface area (Å²) in [6.45, 7) is 0.965. The Bertz CT molecular complexity index is 548.